The van der Waals surface area contributed by atoms with Gasteiger partial charge in [0, 0.05) is 16.5 Å². The Morgan fingerprint density at radius 1 is 1.29 bits per heavy atom. The first-order chi connectivity index (χ1) is 10.2. The van der Waals surface area contributed by atoms with Crippen LogP contribution in [-0.2, 0) is 0 Å². The molecular formula is C17H17NOS2. The standard InChI is InChI=1S/C17H17NOS2/c1-10(2)11-3-4-13-15(9-11)19-14-5-6-16(21-20)12-7-8-18(13)17(12)14/h3-10,13,15,20H,1-2H3. The van der Waals surface area contributed by atoms with Gasteiger partial charge in [0.05, 0.1) is 11.6 Å². The highest BCUT2D eigenvalue weighted by atomic mass is 33.1. The zero-order chi connectivity index (χ0) is 14.6. The summed E-state index contributed by atoms with van der Waals surface area (Å²) in [6, 6.07) is 6.57. The van der Waals surface area contributed by atoms with E-state index in [4.69, 9.17) is 4.74 Å². The Morgan fingerprint density at radius 3 is 2.90 bits per heavy atom. The highest BCUT2D eigenvalue weighted by Gasteiger charge is 2.31. The number of allylic oxidation sites excluding steroid dienone is 2. The minimum atomic E-state index is 0.0880. The van der Waals surface area contributed by atoms with E-state index in [0.717, 1.165) is 5.75 Å². The number of benzene rings is 1. The molecule has 2 aliphatic rings. The predicted molar refractivity (Wildman–Crippen MR) is 92.3 cm³/mol. The lowest BCUT2D eigenvalue weighted by Crippen LogP contribution is -2.32. The van der Waals surface area contributed by atoms with E-state index < -0.39 is 0 Å². The predicted octanol–water partition coefficient (Wildman–Crippen LogP) is 5.03. The van der Waals surface area contributed by atoms with Crippen LogP contribution >= 0.6 is 22.5 Å². The van der Waals surface area contributed by atoms with E-state index in [0.29, 0.717) is 5.92 Å². The number of hydrogen-bond donors (Lipinski definition) is 1. The molecule has 2 atom stereocenters. The monoisotopic (exact) mass is 315 g/mol. The fourth-order valence-electron chi connectivity index (χ4n) is 3.20. The van der Waals surface area contributed by atoms with Gasteiger partial charge in [0.15, 0.2) is 0 Å². The lowest BCUT2D eigenvalue weighted by atomic mass is 9.92. The van der Waals surface area contributed by atoms with Crippen molar-refractivity contribution in [1.82, 2.24) is 4.57 Å². The van der Waals surface area contributed by atoms with Crippen molar-refractivity contribution < 1.29 is 4.74 Å². The summed E-state index contributed by atoms with van der Waals surface area (Å²) in [5, 5.41) is 1.22. The first-order valence-corrected chi connectivity index (χ1v) is 9.07. The van der Waals surface area contributed by atoms with E-state index in [-0.39, 0.29) is 12.1 Å². The maximum absolute atomic E-state index is 6.26. The van der Waals surface area contributed by atoms with Crippen LogP contribution in [0.3, 0.4) is 0 Å². The maximum atomic E-state index is 6.26. The molecule has 0 spiro atoms. The van der Waals surface area contributed by atoms with Crippen molar-refractivity contribution in [3.05, 3.63) is 48.2 Å². The Bertz CT molecular complexity index is 772. The molecule has 1 aliphatic carbocycles. The smallest absolute Gasteiger partial charge is 0.144 e. The van der Waals surface area contributed by atoms with Gasteiger partial charge in [0.1, 0.15) is 11.9 Å². The van der Waals surface area contributed by atoms with Crippen LogP contribution in [0.25, 0.3) is 10.9 Å². The fourth-order valence-corrected chi connectivity index (χ4v) is 4.07. The lowest BCUT2D eigenvalue weighted by molar-refractivity contribution is 0.190. The Hall–Kier alpha value is -1.26. The van der Waals surface area contributed by atoms with E-state index in [1.54, 1.807) is 0 Å². The second-order valence-electron chi connectivity index (χ2n) is 5.89. The Balaban J connectivity index is 1.86. The van der Waals surface area contributed by atoms with Crippen LogP contribution in [0.4, 0.5) is 0 Å². The summed E-state index contributed by atoms with van der Waals surface area (Å²) >= 11 is 4.35. The van der Waals surface area contributed by atoms with Crippen molar-refractivity contribution in [1.29, 1.82) is 0 Å². The summed E-state index contributed by atoms with van der Waals surface area (Å²) in [5.41, 5.74) is 2.53. The molecule has 0 bridgehead atoms. The van der Waals surface area contributed by atoms with Gasteiger partial charge in [-0.3, -0.25) is 0 Å². The number of aromatic nitrogens is 1. The molecule has 2 heterocycles. The van der Waals surface area contributed by atoms with Crippen molar-refractivity contribution in [2.24, 2.45) is 5.92 Å². The molecule has 1 aromatic carbocycles. The van der Waals surface area contributed by atoms with E-state index >= 15 is 0 Å². The van der Waals surface area contributed by atoms with Crippen molar-refractivity contribution in [2.75, 3.05) is 0 Å². The molecule has 1 aliphatic heterocycles. The molecule has 2 nitrogen and oxygen atoms in total. The molecule has 0 saturated heterocycles. The van der Waals surface area contributed by atoms with E-state index in [1.165, 1.54) is 32.2 Å². The number of rotatable bonds is 2. The Kier molecular flexibility index (Phi) is 3.12. The quantitative estimate of drug-likeness (QED) is 0.617. The summed E-state index contributed by atoms with van der Waals surface area (Å²) in [5.74, 6) is 1.50. The Labute approximate surface area is 133 Å². The number of thiol groups is 1. The van der Waals surface area contributed by atoms with Crippen molar-refractivity contribution in [2.45, 2.75) is 30.9 Å². The maximum Gasteiger partial charge on any atom is 0.144 e. The molecule has 2 aromatic rings. The van der Waals surface area contributed by atoms with Crippen molar-refractivity contribution in [3.63, 3.8) is 0 Å². The van der Waals surface area contributed by atoms with Crippen LogP contribution in [0.1, 0.15) is 19.9 Å². The lowest BCUT2D eigenvalue weighted by Gasteiger charge is -2.34. The van der Waals surface area contributed by atoms with Crippen LogP contribution in [0.15, 0.2) is 53.1 Å². The summed E-state index contributed by atoms with van der Waals surface area (Å²) in [7, 11) is 1.48. The molecule has 4 rings (SSSR count). The zero-order valence-corrected chi connectivity index (χ0v) is 13.7. The average molecular weight is 315 g/mol. The molecule has 1 aromatic heterocycles. The third-order valence-corrected chi connectivity index (χ3v) is 5.47. The molecule has 0 radical (unpaired) electrons. The van der Waals surface area contributed by atoms with Gasteiger partial charge in [0.2, 0.25) is 0 Å². The first-order valence-electron chi connectivity index (χ1n) is 7.20. The second-order valence-corrected chi connectivity index (χ2v) is 7.06. The number of fused-ring (bicyclic) bond motifs is 2. The third kappa shape index (κ3) is 1.96. The number of nitrogens with zero attached hydrogens (tertiary/aromatic N) is 1. The molecule has 21 heavy (non-hydrogen) atoms. The van der Waals surface area contributed by atoms with Gasteiger partial charge in [-0.05, 0) is 35.8 Å². The first kappa shape index (κ1) is 13.4. The van der Waals surface area contributed by atoms with Crippen molar-refractivity contribution in [3.8, 4) is 5.75 Å². The molecule has 0 N–H and O–H groups in total. The highest BCUT2D eigenvalue weighted by molar-refractivity contribution is 8.68. The van der Waals surface area contributed by atoms with Gasteiger partial charge in [-0.15, -0.1) is 11.7 Å². The molecule has 4 heteroatoms. The Morgan fingerprint density at radius 2 is 2.14 bits per heavy atom. The van der Waals surface area contributed by atoms with Crippen molar-refractivity contribution >= 4 is 33.4 Å². The van der Waals surface area contributed by atoms with Crippen LogP contribution in [-0.4, -0.2) is 10.7 Å². The molecular weight excluding hydrogens is 298 g/mol. The van der Waals surface area contributed by atoms with Crippen LogP contribution in [0.2, 0.25) is 0 Å². The van der Waals surface area contributed by atoms with E-state index in [2.05, 4.69) is 72.7 Å². The fraction of sp³-hybridized carbons (Fsp3) is 0.294. The summed E-state index contributed by atoms with van der Waals surface area (Å²) < 4.78 is 8.59. The average Bonchev–Trinajstić information content (AvgIpc) is 2.93. The van der Waals surface area contributed by atoms with Gasteiger partial charge in [-0.2, -0.15) is 0 Å². The van der Waals surface area contributed by atoms with Gasteiger partial charge in [-0.1, -0.05) is 36.8 Å². The summed E-state index contributed by atoms with van der Waals surface area (Å²) in [6.07, 6.45) is 9.03. The largest absolute Gasteiger partial charge is 0.482 e. The van der Waals surface area contributed by atoms with E-state index in [1.807, 2.05) is 0 Å². The second kappa shape index (κ2) is 4.89. The molecule has 0 saturated carbocycles. The van der Waals surface area contributed by atoms with Gasteiger partial charge >= 0.3 is 0 Å². The van der Waals surface area contributed by atoms with Gasteiger partial charge < -0.3 is 9.30 Å². The number of hydrogen-bond acceptors (Lipinski definition) is 3. The molecule has 2 unspecified atom stereocenters. The molecule has 0 amide bonds. The summed E-state index contributed by atoms with van der Waals surface area (Å²) in [4.78, 5) is 1.18. The summed E-state index contributed by atoms with van der Waals surface area (Å²) in [6.45, 7) is 4.44. The molecule has 0 fully saturated rings. The topological polar surface area (TPSA) is 14.2 Å². The van der Waals surface area contributed by atoms with Crippen LogP contribution < -0.4 is 4.74 Å². The molecule has 108 valence electrons. The zero-order valence-electron chi connectivity index (χ0n) is 12.0. The van der Waals surface area contributed by atoms with E-state index in [9.17, 15) is 0 Å². The minimum Gasteiger partial charge on any atom is -0.482 e. The number of ether oxygens (including phenoxy) is 1. The SMILES string of the molecule is CC(C)C1=CC2Oc3ccc(SS)c4ccn(c34)C2C=C1. The van der Waals surface area contributed by atoms with Gasteiger partial charge in [0.25, 0.3) is 0 Å². The third-order valence-electron chi connectivity index (χ3n) is 4.33. The normalized spacial score (nSPS) is 23.1. The van der Waals surface area contributed by atoms with Crippen LogP contribution in [0, 0.1) is 5.92 Å². The van der Waals surface area contributed by atoms with Crippen LogP contribution in [0.5, 0.6) is 5.75 Å². The van der Waals surface area contributed by atoms with Gasteiger partial charge in [-0.25, -0.2) is 0 Å². The minimum absolute atomic E-state index is 0.0880. The highest BCUT2D eigenvalue weighted by Crippen LogP contribution is 2.43.